The van der Waals surface area contributed by atoms with E-state index in [1.165, 1.54) is 0 Å². The minimum atomic E-state index is -0.611. The maximum Gasteiger partial charge on any atom is 0.243 e. The van der Waals surface area contributed by atoms with Crippen LogP contribution in [0.25, 0.3) is 0 Å². The molecule has 9 heavy (non-hydrogen) atoms. The zero-order valence-electron chi connectivity index (χ0n) is 5.27. The molecule has 0 aliphatic carbocycles. The number of hydrogen-bond acceptors (Lipinski definition) is 3. The predicted octanol–water partition coefficient (Wildman–Crippen LogP) is -1.38. The van der Waals surface area contributed by atoms with Gasteiger partial charge in [-0.05, 0) is 6.92 Å². The number of aliphatic hydroxyl groups is 1. The van der Waals surface area contributed by atoms with Crippen LogP contribution in [0, 0.1) is 5.41 Å². The summed E-state index contributed by atoms with van der Waals surface area (Å²) in [4.78, 5) is 10.8. The Morgan fingerprint density at radius 2 is 2.56 bits per heavy atom. The van der Waals surface area contributed by atoms with Crippen LogP contribution in [0.15, 0.2) is 0 Å². The van der Waals surface area contributed by atoms with Gasteiger partial charge in [-0.25, -0.2) is 5.43 Å². The Kier molecular flexibility index (Phi) is 1.42. The summed E-state index contributed by atoms with van der Waals surface area (Å²) in [5.41, 5.74) is 4.45. The average Bonchev–Trinajstić information content (AvgIpc) is 2.15. The van der Waals surface area contributed by atoms with Crippen molar-refractivity contribution in [3.05, 3.63) is 0 Å². The van der Waals surface area contributed by atoms with E-state index in [0.717, 1.165) is 0 Å². The number of amides is 1. The van der Waals surface area contributed by atoms with Crippen LogP contribution in [-0.2, 0) is 4.79 Å². The van der Waals surface area contributed by atoms with Crippen LogP contribution < -0.4 is 10.9 Å². The summed E-state index contributed by atoms with van der Waals surface area (Å²) in [6, 6.07) is 0. The first kappa shape index (κ1) is 6.51. The van der Waals surface area contributed by atoms with Crippen LogP contribution in [0.4, 0.5) is 0 Å². The highest BCUT2D eigenvalue weighted by Crippen LogP contribution is 2.16. The second kappa shape index (κ2) is 1.97. The third kappa shape index (κ3) is 0.906. The molecule has 1 rings (SSSR count). The number of aliphatic hydroxyl groups excluding tert-OH is 1. The summed E-state index contributed by atoms with van der Waals surface area (Å²) in [6.45, 7) is 2.11. The Morgan fingerprint density at radius 3 is 2.78 bits per heavy atom. The lowest BCUT2D eigenvalue weighted by atomic mass is 9.93. The molecule has 1 fully saturated rings. The Bertz CT molecular complexity index is 137. The summed E-state index contributed by atoms with van der Waals surface area (Å²) in [7, 11) is 0. The minimum absolute atomic E-state index is 0.105. The molecule has 52 valence electrons. The smallest absolute Gasteiger partial charge is 0.243 e. The maximum atomic E-state index is 10.8. The molecule has 1 saturated heterocycles. The third-order valence-electron chi connectivity index (χ3n) is 1.58. The van der Waals surface area contributed by atoms with Gasteiger partial charge in [0, 0.05) is 6.54 Å². The molecule has 1 heterocycles. The zero-order chi connectivity index (χ0) is 6.91. The summed E-state index contributed by atoms with van der Waals surface area (Å²) >= 11 is 0. The van der Waals surface area contributed by atoms with Gasteiger partial charge in [0.1, 0.15) is 0 Å². The monoisotopic (exact) mass is 130 g/mol. The van der Waals surface area contributed by atoms with Crippen LogP contribution in [0.2, 0.25) is 0 Å². The molecular weight excluding hydrogens is 120 g/mol. The lowest BCUT2D eigenvalue weighted by Gasteiger charge is -2.13. The van der Waals surface area contributed by atoms with Gasteiger partial charge in [-0.3, -0.25) is 10.2 Å². The number of carbonyl (C=O) groups excluding carboxylic acids is 1. The molecule has 4 nitrogen and oxygen atoms in total. The van der Waals surface area contributed by atoms with Crippen LogP contribution >= 0.6 is 0 Å². The second-order valence-electron chi connectivity index (χ2n) is 2.53. The summed E-state index contributed by atoms with van der Waals surface area (Å²) in [6.07, 6.45) is 0. The second-order valence-corrected chi connectivity index (χ2v) is 2.53. The van der Waals surface area contributed by atoms with Crippen molar-refractivity contribution in [1.82, 2.24) is 10.9 Å². The Hall–Kier alpha value is -0.610. The molecule has 0 spiro atoms. The number of carbonyl (C=O) groups is 1. The van der Waals surface area contributed by atoms with E-state index in [4.69, 9.17) is 5.11 Å². The third-order valence-corrected chi connectivity index (χ3v) is 1.58. The lowest BCUT2D eigenvalue weighted by molar-refractivity contribution is -0.128. The molecule has 0 unspecified atom stereocenters. The van der Waals surface area contributed by atoms with E-state index in [1.807, 2.05) is 0 Å². The summed E-state index contributed by atoms with van der Waals surface area (Å²) in [5, 5.41) is 8.69. The molecule has 0 aromatic rings. The number of hydrogen-bond donors (Lipinski definition) is 3. The molecule has 0 aromatic heterocycles. The van der Waals surface area contributed by atoms with Gasteiger partial charge in [-0.15, -0.1) is 0 Å². The SMILES string of the molecule is C[C@@]1(CO)CNNC1=O. The predicted molar refractivity (Wildman–Crippen MR) is 31.3 cm³/mol. The number of rotatable bonds is 1. The summed E-state index contributed by atoms with van der Waals surface area (Å²) < 4.78 is 0. The van der Waals surface area contributed by atoms with Gasteiger partial charge < -0.3 is 5.11 Å². The fourth-order valence-corrected chi connectivity index (χ4v) is 0.678. The first-order valence-corrected chi connectivity index (χ1v) is 2.83. The molecule has 0 aromatic carbocycles. The first-order valence-electron chi connectivity index (χ1n) is 2.83. The quantitative estimate of drug-likeness (QED) is 0.410. The molecular formula is C5H10N2O2. The number of hydrazine groups is 1. The van der Waals surface area contributed by atoms with E-state index < -0.39 is 5.41 Å². The zero-order valence-corrected chi connectivity index (χ0v) is 5.27. The fraction of sp³-hybridized carbons (Fsp3) is 0.800. The van der Waals surface area contributed by atoms with Crippen molar-refractivity contribution in [2.75, 3.05) is 13.2 Å². The van der Waals surface area contributed by atoms with Gasteiger partial charge in [0.2, 0.25) is 5.91 Å². The van der Waals surface area contributed by atoms with Gasteiger partial charge in [0.25, 0.3) is 0 Å². The first-order chi connectivity index (χ1) is 4.19. The highest BCUT2D eigenvalue weighted by Gasteiger charge is 2.36. The van der Waals surface area contributed by atoms with E-state index in [-0.39, 0.29) is 12.5 Å². The van der Waals surface area contributed by atoms with Gasteiger partial charge in [0.15, 0.2) is 0 Å². The van der Waals surface area contributed by atoms with E-state index in [9.17, 15) is 4.79 Å². The van der Waals surface area contributed by atoms with E-state index in [0.29, 0.717) is 6.54 Å². The van der Waals surface area contributed by atoms with Crippen molar-refractivity contribution < 1.29 is 9.90 Å². The van der Waals surface area contributed by atoms with Crippen LogP contribution in [0.3, 0.4) is 0 Å². The molecule has 0 bridgehead atoms. The highest BCUT2D eigenvalue weighted by atomic mass is 16.3. The largest absolute Gasteiger partial charge is 0.395 e. The highest BCUT2D eigenvalue weighted by molar-refractivity contribution is 5.83. The topological polar surface area (TPSA) is 61.4 Å². The van der Waals surface area contributed by atoms with Crippen molar-refractivity contribution in [3.8, 4) is 0 Å². The van der Waals surface area contributed by atoms with E-state index in [2.05, 4.69) is 10.9 Å². The molecule has 1 amide bonds. The van der Waals surface area contributed by atoms with E-state index in [1.54, 1.807) is 6.92 Å². The lowest BCUT2D eigenvalue weighted by Crippen LogP contribution is -2.33. The fourth-order valence-electron chi connectivity index (χ4n) is 0.678. The molecule has 3 N–H and O–H groups in total. The minimum Gasteiger partial charge on any atom is -0.395 e. The van der Waals surface area contributed by atoms with Crippen molar-refractivity contribution in [1.29, 1.82) is 0 Å². The average molecular weight is 130 g/mol. The van der Waals surface area contributed by atoms with Crippen LogP contribution in [0.1, 0.15) is 6.92 Å². The molecule has 1 atom stereocenters. The Morgan fingerprint density at radius 1 is 1.89 bits per heavy atom. The molecule has 0 saturated carbocycles. The molecule has 1 aliphatic heterocycles. The van der Waals surface area contributed by atoms with Gasteiger partial charge in [-0.1, -0.05) is 0 Å². The summed E-state index contributed by atoms with van der Waals surface area (Å²) in [5.74, 6) is -0.134. The Balaban J connectivity index is 2.67. The van der Waals surface area contributed by atoms with Crippen molar-refractivity contribution >= 4 is 5.91 Å². The van der Waals surface area contributed by atoms with E-state index >= 15 is 0 Å². The molecule has 0 radical (unpaired) electrons. The standard InChI is InChI=1S/C5H10N2O2/c1-5(3-8)2-6-7-4(5)9/h6,8H,2-3H2,1H3,(H,7,9)/t5-/m0/s1. The van der Waals surface area contributed by atoms with Crippen LogP contribution in [0.5, 0.6) is 0 Å². The van der Waals surface area contributed by atoms with Crippen molar-refractivity contribution in [2.45, 2.75) is 6.92 Å². The van der Waals surface area contributed by atoms with Crippen molar-refractivity contribution in [3.63, 3.8) is 0 Å². The van der Waals surface area contributed by atoms with Crippen molar-refractivity contribution in [2.24, 2.45) is 5.41 Å². The van der Waals surface area contributed by atoms with Gasteiger partial charge in [0.05, 0.1) is 12.0 Å². The maximum absolute atomic E-state index is 10.8. The molecule has 1 aliphatic rings. The number of nitrogens with one attached hydrogen (secondary N) is 2. The van der Waals surface area contributed by atoms with Gasteiger partial charge >= 0.3 is 0 Å². The Labute approximate surface area is 53.2 Å². The molecule has 4 heteroatoms. The van der Waals surface area contributed by atoms with Crippen LogP contribution in [-0.4, -0.2) is 24.2 Å². The van der Waals surface area contributed by atoms with Gasteiger partial charge in [-0.2, -0.15) is 0 Å². The normalized spacial score (nSPS) is 34.7.